The Morgan fingerprint density at radius 1 is 1.27 bits per heavy atom. The molecule has 2 aromatic rings. The molecule has 2 amide bonds. The number of carbonyl (C=O) groups is 1. The second kappa shape index (κ2) is 8.17. The van der Waals surface area contributed by atoms with E-state index in [1.807, 2.05) is 42.2 Å². The summed E-state index contributed by atoms with van der Waals surface area (Å²) in [4.78, 5) is 14.3. The zero-order valence-corrected chi connectivity index (χ0v) is 15.6. The van der Waals surface area contributed by atoms with Crippen LogP contribution in [0.3, 0.4) is 0 Å². The van der Waals surface area contributed by atoms with E-state index < -0.39 is 0 Å². The molecule has 1 fully saturated rings. The molecule has 140 valence electrons. The molecule has 1 aromatic heterocycles. The predicted molar refractivity (Wildman–Crippen MR) is 99.0 cm³/mol. The molecule has 1 aliphatic heterocycles. The average molecular weight is 358 g/mol. The van der Waals surface area contributed by atoms with Gasteiger partial charge in [-0.05, 0) is 31.5 Å². The summed E-state index contributed by atoms with van der Waals surface area (Å²) in [7, 11) is 3.29. The van der Waals surface area contributed by atoms with E-state index in [1.165, 1.54) is 0 Å². The Bertz CT molecular complexity index is 756. The van der Waals surface area contributed by atoms with Crippen molar-refractivity contribution in [1.29, 1.82) is 0 Å². The molecule has 0 saturated carbocycles. The van der Waals surface area contributed by atoms with Crippen LogP contribution in [-0.4, -0.2) is 44.8 Å². The fourth-order valence-corrected chi connectivity index (χ4v) is 3.46. The van der Waals surface area contributed by atoms with Crippen LogP contribution in [-0.2, 0) is 6.42 Å². The number of furan rings is 1. The molecular formula is C20H26N2O4. The second-order valence-corrected chi connectivity index (χ2v) is 6.51. The maximum atomic E-state index is 12.4. The first kappa shape index (κ1) is 18.2. The van der Waals surface area contributed by atoms with Crippen LogP contribution in [0.5, 0.6) is 11.5 Å². The highest BCUT2D eigenvalue weighted by molar-refractivity contribution is 5.74. The van der Waals surface area contributed by atoms with Gasteiger partial charge in [-0.1, -0.05) is 12.1 Å². The van der Waals surface area contributed by atoms with Gasteiger partial charge in [0.1, 0.15) is 11.5 Å². The number of carbonyl (C=O) groups excluding carboxylic acids is 1. The predicted octanol–water partition coefficient (Wildman–Crippen LogP) is 3.35. The molecule has 0 aliphatic carbocycles. The quantitative estimate of drug-likeness (QED) is 0.860. The summed E-state index contributed by atoms with van der Waals surface area (Å²) in [5.41, 5.74) is 1.09. The van der Waals surface area contributed by atoms with Crippen molar-refractivity contribution in [3.05, 3.63) is 47.4 Å². The van der Waals surface area contributed by atoms with E-state index in [2.05, 4.69) is 5.32 Å². The number of methoxy groups -OCH3 is 2. The van der Waals surface area contributed by atoms with E-state index in [-0.39, 0.29) is 11.9 Å². The highest BCUT2D eigenvalue weighted by atomic mass is 16.5. The molecule has 1 aromatic carbocycles. The summed E-state index contributed by atoms with van der Waals surface area (Å²) in [6.45, 7) is 3.89. The molecule has 0 bridgehead atoms. The van der Waals surface area contributed by atoms with Gasteiger partial charge < -0.3 is 24.1 Å². The van der Waals surface area contributed by atoms with Gasteiger partial charge in [0.05, 0.1) is 14.2 Å². The normalized spacial score (nSPS) is 16.6. The van der Waals surface area contributed by atoms with Crippen LogP contribution in [0.15, 0.2) is 34.7 Å². The van der Waals surface area contributed by atoms with E-state index in [0.29, 0.717) is 19.5 Å². The summed E-state index contributed by atoms with van der Waals surface area (Å²) < 4.78 is 16.4. The first-order valence-electron chi connectivity index (χ1n) is 8.91. The zero-order valence-electron chi connectivity index (χ0n) is 15.6. The first-order chi connectivity index (χ1) is 12.6. The minimum Gasteiger partial charge on any atom is -0.493 e. The van der Waals surface area contributed by atoms with Crippen molar-refractivity contribution in [2.24, 2.45) is 0 Å². The van der Waals surface area contributed by atoms with E-state index >= 15 is 0 Å². The number of aryl methyl sites for hydroxylation is 1. The van der Waals surface area contributed by atoms with Crippen molar-refractivity contribution in [2.45, 2.75) is 25.7 Å². The molecule has 6 nitrogen and oxygen atoms in total. The van der Waals surface area contributed by atoms with Crippen LogP contribution < -0.4 is 14.8 Å². The Labute approximate surface area is 154 Å². The molecule has 0 radical (unpaired) electrons. The largest absolute Gasteiger partial charge is 0.493 e. The number of hydrogen-bond acceptors (Lipinski definition) is 4. The molecule has 1 unspecified atom stereocenters. The van der Waals surface area contributed by atoms with Gasteiger partial charge in [-0.2, -0.15) is 0 Å². The van der Waals surface area contributed by atoms with E-state index in [9.17, 15) is 4.79 Å². The summed E-state index contributed by atoms with van der Waals surface area (Å²) >= 11 is 0. The lowest BCUT2D eigenvalue weighted by Gasteiger charge is -2.19. The minimum absolute atomic E-state index is 0.0300. The number of rotatable bonds is 6. The maximum Gasteiger partial charge on any atom is 0.317 e. The minimum atomic E-state index is -0.0300. The van der Waals surface area contributed by atoms with Crippen LogP contribution in [0.25, 0.3) is 0 Å². The van der Waals surface area contributed by atoms with Gasteiger partial charge in [0.25, 0.3) is 0 Å². The molecule has 2 heterocycles. The van der Waals surface area contributed by atoms with Crippen molar-refractivity contribution in [3.8, 4) is 11.5 Å². The van der Waals surface area contributed by atoms with E-state index in [4.69, 9.17) is 13.9 Å². The maximum absolute atomic E-state index is 12.4. The van der Waals surface area contributed by atoms with Crippen molar-refractivity contribution < 1.29 is 18.7 Å². The van der Waals surface area contributed by atoms with Gasteiger partial charge in [-0.15, -0.1) is 0 Å². The molecule has 3 rings (SSSR count). The Balaban J connectivity index is 1.55. The number of hydrogen-bond donors (Lipinski definition) is 1. The number of benzene rings is 1. The SMILES string of the molecule is COc1cccc(C2CCN(C(=O)NCCc3ccc(C)o3)C2)c1OC. The highest BCUT2D eigenvalue weighted by Gasteiger charge is 2.29. The molecule has 6 heteroatoms. The summed E-state index contributed by atoms with van der Waals surface area (Å²) in [5.74, 6) is 3.51. The van der Waals surface area contributed by atoms with Crippen LogP contribution in [0.2, 0.25) is 0 Å². The monoisotopic (exact) mass is 358 g/mol. The number of ether oxygens (including phenoxy) is 2. The summed E-state index contributed by atoms with van der Waals surface area (Å²) in [6.07, 6.45) is 1.61. The van der Waals surface area contributed by atoms with Gasteiger partial charge in [0.2, 0.25) is 0 Å². The third-order valence-electron chi connectivity index (χ3n) is 4.79. The highest BCUT2D eigenvalue weighted by Crippen LogP contribution is 2.39. The molecule has 1 saturated heterocycles. The Morgan fingerprint density at radius 2 is 2.12 bits per heavy atom. The first-order valence-corrected chi connectivity index (χ1v) is 8.91. The van der Waals surface area contributed by atoms with Gasteiger partial charge in [-0.3, -0.25) is 0 Å². The third kappa shape index (κ3) is 3.95. The van der Waals surface area contributed by atoms with Gasteiger partial charge in [-0.25, -0.2) is 4.79 Å². The van der Waals surface area contributed by atoms with Crippen molar-refractivity contribution in [1.82, 2.24) is 10.2 Å². The second-order valence-electron chi connectivity index (χ2n) is 6.51. The smallest absolute Gasteiger partial charge is 0.317 e. The van der Waals surface area contributed by atoms with Gasteiger partial charge >= 0.3 is 6.03 Å². The average Bonchev–Trinajstić information content (AvgIpc) is 3.30. The van der Waals surface area contributed by atoms with E-state index in [1.54, 1.807) is 14.2 Å². The number of para-hydroxylation sites is 1. The summed E-state index contributed by atoms with van der Waals surface area (Å²) in [5, 5.41) is 2.98. The lowest BCUT2D eigenvalue weighted by atomic mass is 9.97. The number of amides is 2. The Morgan fingerprint density at radius 3 is 2.81 bits per heavy atom. The number of nitrogens with one attached hydrogen (secondary N) is 1. The topological polar surface area (TPSA) is 63.9 Å². The van der Waals surface area contributed by atoms with Gasteiger partial charge in [0, 0.05) is 37.5 Å². The third-order valence-corrected chi connectivity index (χ3v) is 4.79. The zero-order chi connectivity index (χ0) is 18.5. The number of likely N-dealkylation sites (tertiary alicyclic amines) is 1. The number of urea groups is 1. The lowest BCUT2D eigenvalue weighted by Crippen LogP contribution is -2.39. The molecule has 1 N–H and O–H groups in total. The Hall–Kier alpha value is -2.63. The van der Waals surface area contributed by atoms with Gasteiger partial charge in [0.15, 0.2) is 11.5 Å². The van der Waals surface area contributed by atoms with E-state index in [0.717, 1.165) is 41.5 Å². The summed E-state index contributed by atoms with van der Waals surface area (Å²) in [6, 6.07) is 9.75. The van der Waals surface area contributed by atoms with Crippen LogP contribution in [0.4, 0.5) is 4.79 Å². The molecule has 26 heavy (non-hydrogen) atoms. The van der Waals surface area contributed by atoms with Crippen molar-refractivity contribution >= 4 is 6.03 Å². The van der Waals surface area contributed by atoms with Crippen LogP contribution >= 0.6 is 0 Å². The number of nitrogens with zero attached hydrogens (tertiary/aromatic N) is 1. The molecular weight excluding hydrogens is 332 g/mol. The lowest BCUT2D eigenvalue weighted by molar-refractivity contribution is 0.208. The fraction of sp³-hybridized carbons (Fsp3) is 0.450. The van der Waals surface area contributed by atoms with Crippen molar-refractivity contribution in [2.75, 3.05) is 33.9 Å². The fourth-order valence-electron chi connectivity index (χ4n) is 3.46. The molecule has 1 aliphatic rings. The molecule has 1 atom stereocenters. The Kier molecular flexibility index (Phi) is 5.71. The van der Waals surface area contributed by atoms with Crippen LogP contribution in [0, 0.1) is 6.92 Å². The standard InChI is InChI=1S/C20H26N2O4/c1-14-7-8-16(26-14)9-11-21-20(23)22-12-10-15(13-22)17-5-4-6-18(24-2)19(17)25-3/h4-8,15H,9-13H2,1-3H3,(H,21,23). The molecule has 0 spiro atoms. The van der Waals surface area contributed by atoms with Crippen molar-refractivity contribution in [3.63, 3.8) is 0 Å². The van der Waals surface area contributed by atoms with Crippen LogP contribution in [0.1, 0.15) is 29.4 Å².